The number of nitrogens with one attached hydrogen (secondary N) is 1. The highest BCUT2D eigenvalue weighted by Crippen LogP contribution is 2.52. The van der Waals surface area contributed by atoms with Crippen molar-refractivity contribution in [2.24, 2.45) is 10.8 Å². The van der Waals surface area contributed by atoms with Crippen molar-refractivity contribution in [3.8, 4) is 0 Å². The number of nitrogens with zero attached hydrogens (tertiary/aromatic N) is 1. The van der Waals surface area contributed by atoms with E-state index in [9.17, 15) is 0 Å². The first-order valence-corrected chi connectivity index (χ1v) is 8.85. The number of likely N-dealkylation sites (tertiary alicyclic amines) is 1. The number of fused-ring (bicyclic) bond motifs is 2. The van der Waals surface area contributed by atoms with Gasteiger partial charge in [0.05, 0.1) is 0 Å². The molecule has 0 unspecified atom stereocenters. The lowest BCUT2D eigenvalue weighted by atomic mass is 9.65. The monoisotopic (exact) mass is 294 g/mol. The van der Waals surface area contributed by atoms with Crippen molar-refractivity contribution in [3.05, 3.63) is 0 Å². The molecule has 2 saturated carbocycles. The molecular formula is C17H30N2S. The number of hydrogen-bond acceptors (Lipinski definition) is 1. The summed E-state index contributed by atoms with van der Waals surface area (Å²) in [5.41, 5.74) is 0.956. The second-order valence-corrected chi connectivity index (χ2v) is 9.01. The Labute approximate surface area is 129 Å². The minimum Gasteiger partial charge on any atom is -0.360 e. The maximum absolute atomic E-state index is 5.76. The van der Waals surface area contributed by atoms with E-state index < -0.39 is 0 Å². The highest BCUT2D eigenvalue weighted by atomic mass is 32.1. The smallest absolute Gasteiger partial charge is 0.169 e. The van der Waals surface area contributed by atoms with Crippen LogP contribution in [-0.4, -0.2) is 28.6 Å². The average Bonchev–Trinajstić information content (AvgIpc) is 2.60. The van der Waals surface area contributed by atoms with Crippen LogP contribution in [-0.2, 0) is 0 Å². The molecule has 0 radical (unpaired) electrons. The largest absolute Gasteiger partial charge is 0.360 e. The van der Waals surface area contributed by atoms with E-state index in [1.807, 2.05) is 0 Å². The third kappa shape index (κ3) is 2.98. The zero-order chi connectivity index (χ0) is 14.4. The zero-order valence-corrected chi connectivity index (χ0v) is 14.2. The van der Waals surface area contributed by atoms with Crippen molar-refractivity contribution in [3.63, 3.8) is 0 Å². The van der Waals surface area contributed by atoms with Gasteiger partial charge in [-0.05, 0) is 55.2 Å². The fraction of sp³-hybridized carbons (Fsp3) is 0.941. The van der Waals surface area contributed by atoms with Crippen molar-refractivity contribution < 1.29 is 0 Å². The standard InChI is InChI=1S/C17H30N2S/c1-16(2)9-14-10-17(3,11-16)12-19(14)15(20)18-13-7-5-4-6-8-13/h13-14H,4-12H2,1-3H3,(H,18,20)/t14-,17-/m1/s1. The lowest BCUT2D eigenvalue weighted by Gasteiger charge is -2.39. The second-order valence-electron chi connectivity index (χ2n) is 8.63. The molecule has 0 amide bonds. The summed E-state index contributed by atoms with van der Waals surface area (Å²) in [5.74, 6) is 0. The Bertz CT molecular complexity index is 386. The van der Waals surface area contributed by atoms with Crippen LogP contribution in [0.15, 0.2) is 0 Å². The summed E-state index contributed by atoms with van der Waals surface area (Å²) >= 11 is 5.76. The van der Waals surface area contributed by atoms with Gasteiger partial charge in [0.15, 0.2) is 5.11 Å². The first-order valence-electron chi connectivity index (χ1n) is 8.44. The van der Waals surface area contributed by atoms with Gasteiger partial charge in [-0.25, -0.2) is 0 Å². The highest BCUT2D eigenvalue weighted by Gasteiger charge is 2.50. The van der Waals surface area contributed by atoms with E-state index in [-0.39, 0.29) is 0 Å². The lowest BCUT2D eigenvalue weighted by Crippen LogP contribution is -2.47. The van der Waals surface area contributed by atoms with Crippen LogP contribution >= 0.6 is 12.2 Å². The SMILES string of the molecule is CC1(C)C[C@@H]2C[C@@](C)(CN2C(=S)NC2CCCCC2)C1. The van der Waals surface area contributed by atoms with Gasteiger partial charge in [0.25, 0.3) is 0 Å². The van der Waals surface area contributed by atoms with Crippen LogP contribution in [0.2, 0.25) is 0 Å². The first-order chi connectivity index (χ1) is 9.37. The highest BCUT2D eigenvalue weighted by molar-refractivity contribution is 7.80. The molecule has 20 heavy (non-hydrogen) atoms. The summed E-state index contributed by atoms with van der Waals surface area (Å²) < 4.78 is 0. The molecule has 0 aromatic rings. The summed E-state index contributed by atoms with van der Waals surface area (Å²) in [5, 5.41) is 4.72. The molecule has 2 nitrogen and oxygen atoms in total. The summed E-state index contributed by atoms with van der Waals surface area (Å²) in [6, 6.07) is 1.31. The Balaban J connectivity index is 1.64. The van der Waals surface area contributed by atoms with E-state index in [1.165, 1.54) is 57.9 Å². The fourth-order valence-electron chi connectivity index (χ4n) is 5.20. The number of thiocarbonyl (C=S) groups is 1. The minimum atomic E-state index is 0.477. The van der Waals surface area contributed by atoms with Gasteiger partial charge in [0.2, 0.25) is 0 Å². The fourth-order valence-corrected chi connectivity index (χ4v) is 5.58. The first kappa shape index (κ1) is 14.6. The van der Waals surface area contributed by atoms with Crippen LogP contribution in [0, 0.1) is 10.8 Å². The van der Waals surface area contributed by atoms with Crippen LogP contribution in [0.3, 0.4) is 0 Å². The van der Waals surface area contributed by atoms with E-state index in [4.69, 9.17) is 12.2 Å². The summed E-state index contributed by atoms with van der Waals surface area (Å²) in [6.07, 6.45) is 10.7. The van der Waals surface area contributed by atoms with Crippen molar-refractivity contribution in [2.75, 3.05) is 6.54 Å². The van der Waals surface area contributed by atoms with Crippen LogP contribution in [0.4, 0.5) is 0 Å². The van der Waals surface area contributed by atoms with Gasteiger partial charge in [-0.2, -0.15) is 0 Å². The third-order valence-electron chi connectivity index (χ3n) is 5.61. The maximum Gasteiger partial charge on any atom is 0.169 e. The zero-order valence-electron chi connectivity index (χ0n) is 13.4. The topological polar surface area (TPSA) is 15.3 Å². The Kier molecular flexibility index (Phi) is 3.77. The van der Waals surface area contributed by atoms with Crippen LogP contribution < -0.4 is 5.32 Å². The van der Waals surface area contributed by atoms with E-state index in [0.29, 0.717) is 22.9 Å². The molecule has 3 aliphatic rings. The molecule has 1 N–H and O–H groups in total. The van der Waals surface area contributed by atoms with Crippen molar-refractivity contribution in [2.45, 2.75) is 84.2 Å². The van der Waals surface area contributed by atoms with E-state index in [1.54, 1.807) is 0 Å². The Morgan fingerprint density at radius 1 is 1.10 bits per heavy atom. The third-order valence-corrected chi connectivity index (χ3v) is 5.96. The lowest BCUT2D eigenvalue weighted by molar-refractivity contribution is 0.132. The molecular weight excluding hydrogens is 264 g/mol. The van der Waals surface area contributed by atoms with Gasteiger partial charge in [0.1, 0.15) is 0 Å². The second kappa shape index (κ2) is 5.15. The molecule has 3 rings (SSSR count). The van der Waals surface area contributed by atoms with Crippen molar-refractivity contribution in [1.29, 1.82) is 0 Å². The molecule has 2 aliphatic carbocycles. The summed E-state index contributed by atoms with van der Waals surface area (Å²) in [7, 11) is 0. The normalized spacial score (nSPS) is 37.0. The van der Waals surface area contributed by atoms with Gasteiger partial charge in [-0.1, -0.05) is 40.0 Å². The number of rotatable bonds is 1. The average molecular weight is 295 g/mol. The molecule has 3 heteroatoms. The predicted octanol–water partition coefficient (Wildman–Crippen LogP) is 4.09. The molecule has 1 aliphatic heterocycles. The Morgan fingerprint density at radius 3 is 2.50 bits per heavy atom. The van der Waals surface area contributed by atoms with E-state index in [0.717, 1.165) is 5.11 Å². The molecule has 114 valence electrons. The molecule has 0 spiro atoms. The van der Waals surface area contributed by atoms with Gasteiger partial charge < -0.3 is 10.2 Å². The molecule has 1 heterocycles. The molecule has 0 aromatic carbocycles. The van der Waals surface area contributed by atoms with Crippen molar-refractivity contribution in [1.82, 2.24) is 10.2 Å². The van der Waals surface area contributed by atoms with E-state index in [2.05, 4.69) is 31.0 Å². The summed E-state index contributed by atoms with van der Waals surface area (Å²) in [4.78, 5) is 2.53. The molecule has 1 saturated heterocycles. The number of hydrogen-bond donors (Lipinski definition) is 1. The molecule has 0 aromatic heterocycles. The van der Waals surface area contributed by atoms with Gasteiger partial charge in [-0.3, -0.25) is 0 Å². The molecule has 3 fully saturated rings. The van der Waals surface area contributed by atoms with Gasteiger partial charge >= 0.3 is 0 Å². The molecule has 2 bridgehead atoms. The quantitative estimate of drug-likeness (QED) is 0.733. The van der Waals surface area contributed by atoms with Crippen LogP contribution in [0.5, 0.6) is 0 Å². The predicted molar refractivity (Wildman–Crippen MR) is 88.8 cm³/mol. The molecule has 2 atom stereocenters. The van der Waals surface area contributed by atoms with Crippen LogP contribution in [0.25, 0.3) is 0 Å². The van der Waals surface area contributed by atoms with Crippen LogP contribution in [0.1, 0.15) is 72.1 Å². The minimum absolute atomic E-state index is 0.477. The van der Waals surface area contributed by atoms with Gasteiger partial charge in [-0.15, -0.1) is 0 Å². The van der Waals surface area contributed by atoms with Gasteiger partial charge in [0, 0.05) is 18.6 Å². The maximum atomic E-state index is 5.76. The summed E-state index contributed by atoms with van der Waals surface area (Å²) in [6.45, 7) is 8.49. The Hall–Kier alpha value is -0.310. The van der Waals surface area contributed by atoms with E-state index >= 15 is 0 Å². The Morgan fingerprint density at radius 2 is 1.80 bits per heavy atom. The van der Waals surface area contributed by atoms with Crippen molar-refractivity contribution >= 4 is 17.3 Å².